The average Bonchev–Trinajstić information content (AvgIpc) is 2.38. The Balaban J connectivity index is 2.18. The third-order valence-electron chi connectivity index (χ3n) is 2.53. The van der Waals surface area contributed by atoms with Crippen molar-refractivity contribution in [2.45, 2.75) is 6.54 Å². The predicted molar refractivity (Wildman–Crippen MR) is 69.9 cm³/mol. The van der Waals surface area contributed by atoms with Gasteiger partial charge in [-0.1, -0.05) is 23.7 Å². The van der Waals surface area contributed by atoms with Crippen LogP contribution in [-0.2, 0) is 6.54 Å². The van der Waals surface area contributed by atoms with Crippen LogP contribution in [0, 0.1) is 17.1 Å². The first-order valence-electron chi connectivity index (χ1n) is 5.37. The number of hydrogen-bond donors (Lipinski definition) is 1. The summed E-state index contributed by atoms with van der Waals surface area (Å²) in [5.74, 6) is -0.357. The second-order valence-electron chi connectivity index (χ2n) is 3.75. The van der Waals surface area contributed by atoms with Crippen LogP contribution in [0.2, 0.25) is 5.02 Å². The maximum atomic E-state index is 13.1. The van der Waals surface area contributed by atoms with Crippen molar-refractivity contribution in [1.82, 2.24) is 0 Å². The van der Waals surface area contributed by atoms with Crippen molar-refractivity contribution in [1.29, 1.82) is 5.26 Å². The van der Waals surface area contributed by atoms with Crippen LogP contribution in [-0.4, -0.2) is 0 Å². The maximum absolute atomic E-state index is 13.1. The monoisotopic (exact) mass is 260 g/mol. The second-order valence-corrected chi connectivity index (χ2v) is 4.15. The van der Waals surface area contributed by atoms with Crippen LogP contribution >= 0.6 is 11.6 Å². The molecule has 2 nitrogen and oxygen atoms in total. The minimum atomic E-state index is -0.357. The van der Waals surface area contributed by atoms with Crippen molar-refractivity contribution < 1.29 is 4.39 Å². The quantitative estimate of drug-likeness (QED) is 0.907. The van der Waals surface area contributed by atoms with E-state index in [0.29, 0.717) is 22.7 Å². The Bertz CT molecular complexity index is 605. The maximum Gasteiger partial charge on any atom is 0.123 e. The molecular weight excluding hydrogens is 251 g/mol. The molecule has 0 saturated heterocycles. The Morgan fingerprint density at radius 2 is 2.00 bits per heavy atom. The molecule has 0 atom stereocenters. The van der Waals surface area contributed by atoms with Gasteiger partial charge in [0.25, 0.3) is 0 Å². The van der Waals surface area contributed by atoms with Crippen LogP contribution in [0.25, 0.3) is 0 Å². The summed E-state index contributed by atoms with van der Waals surface area (Å²) in [5, 5.41) is 12.6. The Hall–Kier alpha value is -2.05. The summed E-state index contributed by atoms with van der Waals surface area (Å²) < 4.78 is 13.1. The van der Waals surface area contributed by atoms with Gasteiger partial charge in [-0.25, -0.2) is 4.39 Å². The van der Waals surface area contributed by atoms with Gasteiger partial charge in [-0.15, -0.1) is 0 Å². The molecule has 0 radical (unpaired) electrons. The number of para-hydroxylation sites is 1. The van der Waals surface area contributed by atoms with E-state index in [4.69, 9.17) is 16.9 Å². The molecule has 1 N–H and O–H groups in total. The Morgan fingerprint density at radius 3 is 2.72 bits per heavy atom. The first kappa shape index (κ1) is 12.4. The van der Waals surface area contributed by atoms with Gasteiger partial charge in [-0.2, -0.15) is 5.26 Å². The molecule has 0 bridgehead atoms. The van der Waals surface area contributed by atoms with E-state index in [1.165, 1.54) is 18.2 Å². The lowest BCUT2D eigenvalue weighted by atomic mass is 10.1. The molecule has 0 fully saturated rings. The van der Waals surface area contributed by atoms with E-state index in [1.807, 2.05) is 24.3 Å². The highest BCUT2D eigenvalue weighted by molar-refractivity contribution is 6.33. The highest BCUT2D eigenvalue weighted by Crippen LogP contribution is 2.21. The lowest BCUT2D eigenvalue weighted by Gasteiger charge is -2.09. The highest BCUT2D eigenvalue weighted by Gasteiger charge is 2.04. The van der Waals surface area contributed by atoms with E-state index in [0.717, 1.165) is 5.69 Å². The number of benzene rings is 2. The van der Waals surface area contributed by atoms with Gasteiger partial charge in [-0.3, -0.25) is 0 Å². The molecule has 2 aromatic rings. The molecular formula is C14H10ClFN2. The zero-order chi connectivity index (χ0) is 13.0. The predicted octanol–water partition coefficient (Wildman–Crippen LogP) is 3.96. The van der Waals surface area contributed by atoms with Crippen molar-refractivity contribution in [3.8, 4) is 6.07 Å². The van der Waals surface area contributed by atoms with Crippen LogP contribution < -0.4 is 5.32 Å². The third kappa shape index (κ3) is 2.79. The van der Waals surface area contributed by atoms with Gasteiger partial charge >= 0.3 is 0 Å². The molecule has 90 valence electrons. The number of anilines is 1. The molecule has 0 aromatic heterocycles. The molecule has 2 rings (SSSR count). The van der Waals surface area contributed by atoms with Gasteiger partial charge in [0.1, 0.15) is 5.82 Å². The second kappa shape index (κ2) is 5.52. The normalized spacial score (nSPS) is 9.83. The van der Waals surface area contributed by atoms with E-state index in [2.05, 4.69) is 5.32 Å². The fourth-order valence-corrected chi connectivity index (χ4v) is 1.82. The van der Waals surface area contributed by atoms with E-state index < -0.39 is 0 Å². The summed E-state index contributed by atoms with van der Waals surface area (Å²) in [4.78, 5) is 0. The molecule has 0 aliphatic carbocycles. The summed E-state index contributed by atoms with van der Waals surface area (Å²) in [6.07, 6.45) is 0. The molecule has 0 saturated carbocycles. The van der Waals surface area contributed by atoms with E-state index in [-0.39, 0.29) is 5.82 Å². The molecule has 0 aliphatic heterocycles. The molecule has 2 aromatic carbocycles. The van der Waals surface area contributed by atoms with Crippen molar-refractivity contribution >= 4 is 17.3 Å². The van der Waals surface area contributed by atoms with E-state index >= 15 is 0 Å². The Kier molecular flexibility index (Phi) is 3.81. The SMILES string of the molecule is N#Cc1ccc(F)cc1CNc1ccccc1Cl. The largest absolute Gasteiger partial charge is 0.380 e. The number of nitrogens with zero attached hydrogens (tertiary/aromatic N) is 1. The molecule has 0 heterocycles. The molecule has 0 aliphatic rings. The zero-order valence-electron chi connectivity index (χ0n) is 9.45. The highest BCUT2D eigenvalue weighted by atomic mass is 35.5. The van der Waals surface area contributed by atoms with Gasteiger partial charge in [0.2, 0.25) is 0 Å². The number of rotatable bonds is 3. The van der Waals surface area contributed by atoms with Crippen molar-refractivity contribution in [3.63, 3.8) is 0 Å². The standard InChI is InChI=1S/C14H10ClFN2/c15-13-3-1-2-4-14(13)18-9-11-7-12(16)6-5-10(11)8-17/h1-7,18H,9H2. The molecule has 0 amide bonds. The number of nitrogens with one attached hydrogen (secondary N) is 1. The fourth-order valence-electron chi connectivity index (χ4n) is 1.61. The zero-order valence-corrected chi connectivity index (χ0v) is 10.2. The minimum absolute atomic E-state index is 0.352. The van der Waals surface area contributed by atoms with E-state index in [1.54, 1.807) is 6.07 Å². The number of nitriles is 1. The molecule has 0 unspecified atom stereocenters. The molecule has 4 heteroatoms. The van der Waals surface area contributed by atoms with Crippen molar-refractivity contribution in [3.05, 3.63) is 64.4 Å². The summed E-state index contributed by atoms with van der Waals surface area (Å²) in [6, 6.07) is 13.4. The lowest BCUT2D eigenvalue weighted by molar-refractivity contribution is 0.625. The van der Waals surface area contributed by atoms with Crippen LogP contribution in [0.1, 0.15) is 11.1 Å². The first-order chi connectivity index (χ1) is 8.70. The first-order valence-corrected chi connectivity index (χ1v) is 5.75. The van der Waals surface area contributed by atoms with Gasteiger partial charge in [0, 0.05) is 6.54 Å². The molecule has 18 heavy (non-hydrogen) atoms. The van der Waals surface area contributed by atoms with E-state index in [9.17, 15) is 4.39 Å². The Labute approximate surface area is 110 Å². The fraction of sp³-hybridized carbons (Fsp3) is 0.0714. The van der Waals surface area contributed by atoms with Crippen LogP contribution in [0.5, 0.6) is 0 Å². The lowest BCUT2D eigenvalue weighted by Crippen LogP contribution is -2.02. The van der Waals surface area contributed by atoms with Gasteiger partial charge in [0.05, 0.1) is 22.3 Å². The van der Waals surface area contributed by atoms with Crippen LogP contribution in [0.4, 0.5) is 10.1 Å². The number of hydrogen-bond acceptors (Lipinski definition) is 2. The summed E-state index contributed by atoms with van der Waals surface area (Å²) in [6.45, 7) is 0.352. The average molecular weight is 261 g/mol. The third-order valence-corrected chi connectivity index (χ3v) is 2.86. The minimum Gasteiger partial charge on any atom is -0.380 e. The smallest absolute Gasteiger partial charge is 0.123 e. The van der Waals surface area contributed by atoms with Crippen LogP contribution in [0.3, 0.4) is 0 Å². The van der Waals surface area contributed by atoms with Crippen molar-refractivity contribution in [2.24, 2.45) is 0 Å². The Morgan fingerprint density at radius 1 is 1.22 bits per heavy atom. The topological polar surface area (TPSA) is 35.8 Å². The number of halogens is 2. The molecule has 0 spiro atoms. The summed E-state index contributed by atoms with van der Waals surface area (Å²) in [7, 11) is 0. The van der Waals surface area contributed by atoms with Gasteiger partial charge < -0.3 is 5.32 Å². The van der Waals surface area contributed by atoms with Crippen molar-refractivity contribution in [2.75, 3.05) is 5.32 Å². The van der Waals surface area contributed by atoms with Gasteiger partial charge in [-0.05, 0) is 35.9 Å². The summed E-state index contributed by atoms with van der Waals surface area (Å²) in [5.41, 5.74) is 1.82. The van der Waals surface area contributed by atoms with Crippen LogP contribution in [0.15, 0.2) is 42.5 Å². The summed E-state index contributed by atoms with van der Waals surface area (Å²) >= 11 is 5.99. The van der Waals surface area contributed by atoms with Gasteiger partial charge in [0.15, 0.2) is 0 Å².